The fourth-order valence-corrected chi connectivity index (χ4v) is 6.06. The van der Waals surface area contributed by atoms with Crippen molar-refractivity contribution < 1.29 is 8.42 Å². The standard InChI is InChI=1S/C12H19BrN2O2S2/c1-14-6-3-10(4-7-14)9-15(2)19(16,17)12-11(13)5-8-18-12/h5,8,10H,3-4,6-7,9H2,1-2H3. The molecular formula is C12H19BrN2O2S2. The van der Waals surface area contributed by atoms with E-state index in [1.54, 1.807) is 18.5 Å². The minimum atomic E-state index is -3.35. The molecular weight excluding hydrogens is 348 g/mol. The Morgan fingerprint density at radius 2 is 2.11 bits per heavy atom. The van der Waals surface area contributed by atoms with E-state index in [0.29, 0.717) is 21.1 Å². The van der Waals surface area contributed by atoms with Gasteiger partial charge in [-0.3, -0.25) is 0 Å². The van der Waals surface area contributed by atoms with Crippen LogP contribution in [0.3, 0.4) is 0 Å². The van der Waals surface area contributed by atoms with E-state index in [9.17, 15) is 8.42 Å². The minimum absolute atomic E-state index is 0.405. The molecule has 0 bridgehead atoms. The molecule has 2 heterocycles. The van der Waals surface area contributed by atoms with Gasteiger partial charge in [-0.2, -0.15) is 4.31 Å². The van der Waals surface area contributed by atoms with Gasteiger partial charge in [-0.15, -0.1) is 11.3 Å². The molecule has 1 fully saturated rings. The molecule has 0 spiro atoms. The van der Waals surface area contributed by atoms with Crippen LogP contribution in [0.4, 0.5) is 0 Å². The summed E-state index contributed by atoms with van der Waals surface area (Å²) in [5.74, 6) is 0.467. The van der Waals surface area contributed by atoms with Gasteiger partial charge in [0, 0.05) is 18.1 Å². The SMILES string of the molecule is CN1CCC(CN(C)S(=O)(=O)c2sccc2Br)CC1. The Morgan fingerprint density at radius 1 is 1.47 bits per heavy atom. The van der Waals surface area contributed by atoms with E-state index in [-0.39, 0.29) is 0 Å². The summed E-state index contributed by atoms with van der Waals surface area (Å²) in [5, 5.41) is 1.79. The smallest absolute Gasteiger partial charge is 0.253 e. The number of hydrogen-bond acceptors (Lipinski definition) is 4. The van der Waals surface area contributed by atoms with Crippen molar-refractivity contribution in [3.05, 3.63) is 15.9 Å². The average molecular weight is 367 g/mol. The van der Waals surface area contributed by atoms with Gasteiger partial charge >= 0.3 is 0 Å². The molecule has 1 aliphatic heterocycles. The maximum absolute atomic E-state index is 12.4. The van der Waals surface area contributed by atoms with E-state index < -0.39 is 10.0 Å². The molecule has 1 saturated heterocycles. The van der Waals surface area contributed by atoms with Gasteiger partial charge in [-0.05, 0) is 66.3 Å². The third-order valence-corrected chi connectivity index (χ3v) is 8.05. The summed E-state index contributed by atoms with van der Waals surface area (Å²) in [6, 6.07) is 1.78. The number of likely N-dealkylation sites (tertiary alicyclic amines) is 1. The third-order valence-electron chi connectivity index (χ3n) is 3.58. The van der Waals surface area contributed by atoms with Gasteiger partial charge in [0.05, 0.1) is 0 Å². The van der Waals surface area contributed by atoms with Gasteiger partial charge in [-0.1, -0.05) is 0 Å². The zero-order chi connectivity index (χ0) is 14.0. The van der Waals surface area contributed by atoms with E-state index >= 15 is 0 Å². The fourth-order valence-electron chi connectivity index (χ4n) is 2.31. The van der Waals surface area contributed by atoms with Crippen molar-refractivity contribution in [3.8, 4) is 0 Å². The molecule has 7 heteroatoms. The lowest BCUT2D eigenvalue weighted by Gasteiger charge is -2.31. The molecule has 0 aliphatic carbocycles. The Bertz CT molecular complexity index is 522. The van der Waals surface area contributed by atoms with Crippen molar-refractivity contribution in [1.29, 1.82) is 0 Å². The number of piperidine rings is 1. The second-order valence-corrected chi connectivity index (χ2v) is 9.10. The van der Waals surface area contributed by atoms with E-state index in [1.165, 1.54) is 15.6 Å². The zero-order valence-corrected chi connectivity index (χ0v) is 14.4. The Kier molecular flexibility index (Phi) is 5.05. The lowest BCUT2D eigenvalue weighted by molar-refractivity contribution is 0.202. The van der Waals surface area contributed by atoms with Crippen LogP contribution in [0.25, 0.3) is 0 Å². The van der Waals surface area contributed by atoms with E-state index in [0.717, 1.165) is 25.9 Å². The molecule has 19 heavy (non-hydrogen) atoms. The van der Waals surface area contributed by atoms with Crippen molar-refractivity contribution in [2.75, 3.05) is 33.7 Å². The second-order valence-electron chi connectivity index (χ2n) is 5.09. The summed E-state index contributed by atoms with van der Waals surface area (Å²) < 4.78 is 27.5. The number of hydrogen-bond donors (Lipinski definition) is 0. The highest BCUT2D eigenvalue weighted by molar-refractivity contribution is 9.10. The van der Waals surface area contributed by atoms with Crippen LogP contribution in [0.1, 0.15) is 12.8 Å². The Morgan fingerprint density at radius 3 is 2.63 bits per heavy atom. The summed E-state index contributed by atoms with van der Waals surface area (Å²) in [6.45, 7) is 2.73. The van der Waals surface area contributed by atoms with Gasteiger partial charge in [0.2, 0.25) is 0 Å². The number of nitrogens with zero attached hydrogens (tertiary/aromatic N) is 2. The van der Waals surface area contributed by atoms with Crippen LogP contribution in [-0.2, 0) is 10.0 Å². The molecule has 0 unspecified atom stereocenters. The second kappa shape index (κ2) is 6.22. The topological polar surface area (TPSA) is 40.6 Å². The van der Waals surface area contributed by atoms with Crippen molar-refractivity contribution in [2.24, 2.45) is 5.92 Å². The molecule has 4 nitrogen and oxygen atoms in total. The van der Waals surface area contributed by atoms with Gasteiger partial charge in [0.25, 0.3) is 10.0 Å². The summed E-state index contributed by atoms with van der Waals surface area (Å²) in [5.41, 5.74) is 0. The summed E-state index contributed by atoms with van der Waals surface area (Å²) >= 11 is 4.56. The number of sulfonamides is 1. The van der Waals surface area contributed by atoms with E-state index in [2.05, 4.69) is 27.9 Å². The summed E-state index contributed by atoms with van der Waals surface area (Å²) in [4.78, 5) is 2.29. The molecule has 0 atom stereocenters. The first-order valence-electron chi connectivity index (χ1n) is 6.29. The van der Waals surface area contributed by atoms with E-state index in [4.69, 9.17) is 0 Å². The zero-order valence-electron chi connectivity index (χ0n) is 11.2. The van der Waals surface area contributed by atoms with E-state index in [1.807, 2.05) is 0 Å². The molecule has 1 aliphatic rings. The maximum atomic E-state index is 12.4. The fraction of sp³-hybridized carbons (Fsp3) is 0.667. The Balaban J connectivity index is 2.03. The molecule has 0 amide bonds. The van der Waals surface area contributed by atoms with Crippen molar-refractivity contribution >= 4 is 37.3 Å². The lowest BCUT2D eigenvalue weighted by atomic mass is 9.97. The van der Waals surface area contributed by atoms with Crippen molar-refractivity contribution in [3.63, 3.8) is 0 Å². The predicted molar refractivity (Wildman–Crippen MR) is 82.1 cm³/mol. The average Bonchev–Trinajstić information content (AvgIpc) is 2.79. The quantitative estimate of drug-likeness (QED) is 0.821. The van der Waals surface area contributed by atoms with Gasteiger partial charge < -0.3 is 4.90 Å². The first-order chi connectivity index (χ1) is 8.91. The highest BCUT2D eigenvalue weighted by atomic mass is 79.9. The highest BCUT2D eigenvalue weighted by Gasteiger charge is 2.28. The van der Waals surface area contributed by atoms with Crippen LogP contribution >= 0.6 is 27.3 Å². The van der Waals surface area contributed by atoms with Crippen LogP contribution < -0.4 is 0 Å². The molecule has 0 saturated carbocycles. The molecule has 0 N–H and O–H groups in total. The Hall–Kier alpha value is 0.0500. The predicted octanol–water partition coefficient (Wildman–Crippen LogP) is 2.47. The summed E-state index contributed by atoms with van der Waals surface area (Å²) in [7, 11) is 0.443. The molecule has 2 rings (SSSR count). The highest BCUT2D eigenvalue weighted by Crippen LogP contribution is 2.30. The molecule has 1 aromatic rings. The number of rotatable bonds is 4. The van der Waals surface area contributed by atoms with Crippen LogP contribution in [0.2, 0.25) is 0 Å². The summed E-state index contributed by atoms with van der Waals surface area (Å²) in [6.07, 6.45) is 2.14. The van der Waals surface area contributed by atoms with Crippen molar-refractivity contribution in [2.45, 2.75) is 17.1 Å². The largest absolute Gasteiger partial charge is 0.306 e. The minimum Gasteiger partial charge on any atom is -0.306 e. The van der Waals surface area contributed by atoms with Gasteiger partial charge in [-0.25, -0.2) is 8.42 Å². The molecule has 1 aromatic heterocycles. The molecule has 0 aromatic carbocycles. The first-order valence-corrected chi connectivity index (χ1v) is 9.40. The van der Waals surface area contributed by atoms with Crippen molar-refractivity contribution in [1.82, 2.24) is 9.21 Å². The monoisotopic (exact) mass is 366 g/mol. The third kappa shape index (κ3) is 3.58. The van der Waals surface area contributed by atoms with Crippen LogP contribution in [-0.4, -0.2) is 51.4 Å². The Labute approximate surface area is 127 Å². The van der Waals surface area contributed by atoms with Crippen LogP contribution in [0.15, 0.2) is 20.1 Å². The first kappa shape index (κ1) is 15.4. The van der Waals surface area contributed by atoms with Gasteiger partial charge in [0.1, 0.15) is 4.21 Å². The lowest BCUT2D eigenvalue weighted by Crippen LogP contribution is -2.37. The molecule has 108 valence electrons. The molecule has 0 radical (unpaired) electrons. The number of halogens is 1. The maximum Gasteiger partial charge on any atom is 0.253 e. The van der Waals surface area contributed by atoms with Crippen LogP contribution in [0.5, 0.6) is 0 Å². The normalized spacial score (nSPS) is 19.2. The van der Waals surface area contributed by atoms with Crippen LogP contribution in [0, 0.1) is 5.92 Å². The number of thiophene rings is 1. The van der Waals surface area contributed by atoms with Gasteiger partial charge in [0.15, 0.2) is 0 Å².